The lowest BCUT2D eigenvalue weighted by Crippen LogP contribution is -2.75. The number of fused-ring (bicyclic) bond motifs is 9. The first-order valence-corrected chi connectivity index (χ1v) is 22.6. The predicted octanol–water partition coefficient (Wildman–Crippen LogP) is 11.0. The molecular formula is C53H35N3SSi. The van der Waals surface area contributed by atoms with Crippen LogP contribution < -0.4 is 20.9 Å². The maximum atomic E-state index is 6.05. The van der Waals surface area contributed by atoms with Gasteiger partial charge in [0.15, 0.2) is 0 Å². The van der Waals surface area contributed by atoms with Crippen molar-refractivity contribution < 1.29 is 0 Å². The average molecular weight is 774 g/mol. The topological polar surface area (TPSA) is 22.8 Å². The van der Waals surface area contributed by atoms with Crippen molar-refractivity contribution in [3.8, 4) is 11.5 Å². The third-order valence-electron chi connectivity index (χ3n) is 12.1. The van der Waals surface area contributed by atoms with Crippen molar-refractivity contribution in [2.75, 3.05) is 0 Å². The molecule has 0 fully saturated rings. The molecule has 12 aromatic rings. The smallest absolute Gasteiger partial charge is 0.202 e. The number of para-hydroxylation sites is 3. The van der Waals surface area contributed by atoms with E-state index in [1.807, 2.05) is 11.3 Å². The van der Waals surface area contributed by atoms with Gasteiger partial charge in [-0.3, -0.25) is 4.57 Å². The number of rotatable bonds is 6. The summed E-state index contributed by atoms with van der Waals surface area (Å²) >= 11 is 1.87. The van der Waals surface area contributed by atoms with Gasteiger partial charge in [-0.25, -0.2) is 4.98 Å². The summed E-state index contributed by atoms with van der Waals surface area (Å²) in [5, 5.41) is 12.4. The zero-order valence-electron chi connectivity index (χ0n) is 31.5. The van der Waals surface area contributed by atoms with E-state index in [1.54, 1.807) is 0 Å². The van der Waals surface area contributed by atoms with Crippen LogP contribution in [0, 0.1) is 0 Å². The highest BCUT2D eigenvalue weighted by molar-refractivity contribution is 7.26. The minimum absolute atomic E-state index is 0.973. The molecule has 0 aliphatic rings. The van der Waals surface area contributed by atoms with Crippen LogP contribution in [-0.4, -0.2) is 22.2 Å². The quantitative estimate of drug-likeness (QED) is 0.122. The average Bonchev–Trinajstić information content (AvgIpc) is 3.95. The highest BCUT2D eigenvalue weighted by Crippen LogP contribution is 2.41. The molecule has 4 aromatic heterocycles. The molecule has 12 rings (SSSR count). The van der Waals surface area contributed by atoms with Crippen LogP contribution in [0.15, 0.2) is 212 Å². The summed E-state index contributed by atoms with van der Waals surface area (Å²) in [6, 6.07) is 78.0. The maximum absolute atomic E-state index is 6.05. The Morgan fingerprint density at radius 3 is 1.38 bits per heavy atom. The fraction of sp³-hybridized carbons (Fsp3) is 0. The van der Waals surface area contributed by atoms with E-state index in [0.29, 0.717) is 0 Å². The van der Waals surface area contributed by atoms with E-state index in [4.69, 9.17) is 4.98 Å². The summed E-state index contributed by atoms with van der Waals surface area (Å²) < 4.78 is 7.37. The van der Waals surface area contributed by atoms with Crippen LogP contribution in [0.2, 0.25) is 0 Å². The molecule has 0 N–H and O–H groups in total. The zero-order valence-corrected chi connectivity index (χ0v) is 33.3. The van der Waals surface area contributed by atoms with Gasteiger partial charge >= 0.3 is 0 Å². The predicted molar refractivity (Wildman–Crippen MR) is 249 cm³/mol. The van der Waals surface area contributed by atoms with E-state index in [9.17, 15) is 0 Å². The van der Waals surface area contributed by atoms with Crippen LogP contribution in [0.3, 0.4) is 0 Å². The third-order valence-corrected chi connectivity index (χ3v) is 17.8. The molecule has 4 heterocycles. The van der Waals surface area contributed by atoms with Gasteiger partial charge in [0.25, 0.3) is 0 Å². The molecule has 0 aliphatic heterocycles. The number of benzene rings is 8. The number of aromatic nitrogens is 3. The van der Waals surface area contributed by atoms with Gasteiger partial charge in [-0.1, -0.05) is 164 Å². The summed E-state index contributed by atoms with van der Waals surface area (Å²) in [6.07, 6.45) is 0. The van der Waals surface area contributed by atoms with Crippen LogP contribution in [0.1, 0.15) is 0 Å². The molecule has 0 unspecified atom stereocenters. The van der Waals surface area contributed by atoms with E-state index in [2.05, 4.69) is 221 Å². The Labute approximate surface area is 340 Å². The molecule has 58 heavy (non-hydrogen) atoms. The number of hydrogen-bond donors (Lipinski definition) is 0. The van der Waals surface area contributed by atoms with E-state index in [-0.39, 0.29) is 0 Å². The molecule has 3 nitrogen and oxygen atoms in total. The maximum Gasteiger partial charge on any atom is 0.202 e. The molecule has 0 atom stereocenters. The van der Waals surface area contributed by atoms with Crippen molar-refractivity contribution in [1.29, 1.82) is 0 Å². The van der Waals surface area contributed by atoms with Crippen molar-refractivity contribution in [3.05, 3.63) is 212 Å². The van der Waals surface area contributed by atoms with Crippen LogP contribution in [0.5, 0.6) is 0 Å². The van der Waals surface area contributed by atoms with E-state index < -0.39 is 8.07 Å². The van der Waals surface area contributed by atoms with Gasteiger partial charge in [0, 0.05) is 52.7 Å². The molecular weight excluding hydrogens is 739 g/mol. The van der Waals surface area contributed by atoms with Gasteiger partial charge in [0.2, 0.25) is 8.07 Å². The van der Waals surface area contributed by atoms with Gasteiger partial charge in [-0.15, -0.1) is 11.3 Å². The number of hydrogen-bond acceptors (Lipinski definition) is 2. The largest absolute Gasteiger partial charge is 0.309 e. The second kappa shape index (κ2) is 13.0. The van der Waals surface area contributed by atoms with Crippen LogP contribution in [0.4, 0.5) is 0 Å². The Morgan fingerprint density at radius 1 is 0.362 bits per heavy atom. The lowest BCUT2D eigenvalue weighted by atomic mass is 10.1. The Bertz CT molecular complexity index is 3360. The number of thiophene rings is 1. The van der Waals surface area contributed by atoms with Gasteiger partial charge in [-0.05, 0) is 64.1 Å². The SMILES string of the molecule is c1ccc([Si](c2ccccc2)(c2ccccc2)c2cc3sc4ccccc4c3c(-n3c4ccccc4c4cc(-n5c6ccccc6c6ccccc65)ccc43)n2)cc1. The standard InChI is InChI=1S/C53H35N3SSi/c1-4-18-37(19-5-1)58(38-20-6-2-7-21-38,39-22-8-3-9-23-39)51-35-50-52(43-27-13-17-31-49(43)57-50)53(54-51)56-47-30-16-12-26-42(47)44-34-36(32-33-48(44)56)55-45-28-14-10-24-40(45)41-25-11-15-29-46(41)55/h1-35H. The fourth-order valence-corrected chi connectivity index (χ4v) is 15.5. The normalized spacial score (nSPS) is 12.1. The first kappa shape index (κ1) is 33.1. The van der Waals surface area contributed by atoms with Gasteiger partial charge in [0.1, 0.15) is 5.82 Å². The molecule has 8 aromatic carbocycles. The Balaban J connectivity index is 1.21. The summed E-state index contributed by atoms with van der Waals surface area (Å²) in [6.45, 7) is 0. The van der Waals surface area contributed by atoms with Crippen molar-refractivity contribution in [2.24, 2.45) is 0 Å². The Hall–Kier alpha value is -7.05. The van der Waals surface area contributed by atoms with Crippen LogP contribution >= 0.6 is 11.3 Å². The monoisotopic (exact) mass is 773 g/mol. The lowest BCUT2D eigenvalue weighted by molar-refractivity contribution is 1.11. The minimum Gasteiger partial charge on any atom is -0.309 e. The summed E-state index contributed by atoms with van der Waals surface area (Å²) in [5.41, 5.74) is 5.83. The van der Waals surface area contributed by atoms with E-state index >= 15 is 0 Å². The van der Waals surface area contributed by atoms with Gasteiger partial charge in [-0.2, -0.15) is 0 Å². The second-order valence-electron chi connectivity index (χ2n) is 15.1. The molecule has 0 aliphatic carbocycles. The number of pyridine rings is 1. The Kier molecular flexibility index (Phi) is 7.42. The lowest BCUT2D eigenvalue weighted by Gasteiger charge is -2.33. The first-order valence-electron chi connectivity index (χ1n) is 19.8. The van der Waals surface area contributed by atoms with Crippen LogP contribution in [-0.2, 0) is 0 Å². The molecule has 0 bridgehead atoms. The van der Waals surface area contributed by atoms with E-state index in [0.717, 1.165) is 27.9 Å². The van der Waals surface area contributed by atoms with Gasteiger partial charge < -0.3 is 4.57 Å². The fourth-order valence-electron chi connectivity index (χ4n) is 9.61. The van der Waals surface area contributed by atoms with Crippen molar-refractivity contribution in [3.63, 3.8) is 0 Å². The molecule has 0 saturated carbocycles. The van der Waals surface area contributed by atoms with Crippen LogP contribution in [0.25, 0.3) is 75.3 Å². The summed E-state index contributed by atoms with van der Waals surface area (Å²) in [5.74, 6) is 0.973. The summed E-state index contributed by atoms with van der Waals surface area (Å²) in [4.78, 5) is 6.05. The number of nitrogens with zero attached hydrogens (tertiary/aromatic N) is 3. The highest BCUT2D eigenvalue weighted by Gasteiger charge is 2.43. The Morgan fingerprint density at radius 2 is 0.810 bits per heavy atom. The molecule has 0 radical (unpaired) electrons. The summed E-state index contributed by atoms with van der Waals surface area (Å²) in [7, 11) is -2.96. The highest BCUT2D eigenvalue weighted by atomic mass is 32.1. The van der Waals surface area contributed by atoms with Crippen molar-refractivity contribution in [1.82, 2.24) is 14.1 Å². The molecule has 0 saturated heterocycles. The van der Waals surface area contributed by atoms with Gasteiger partial charge in [0.05, 0.1) is 22.1 Å². The molecule has 272 valence electrons. The molecule has 0 spiro atoms. The first-order chi connectivity index (χ1) is 28.8. The van der Waals surface area contributed by atoms with Crippen molar-refractivity contribution in [2.45, 2.75) is 0 Å². The minimum atomic E-state index is -2.96. The zero-order chi connectivity index (χ0) is 38.2. The third kappa shape index (κ3) is 4.75. The molecule has 5 heteroatoms. The molecule has 0 amide bonds. The van der Waals surface area contributed by atoms with Crippen molar-refractivity contribution >= 4 is 104 Å². The van der Waals surface area contributed by atoms with E-state index in [1.165, 1.54) is 68.3 Å². The second-order valence-corrected chi connectivity index (χ2v) is 19.9.